The van der Waals surface area contributed by atoms with Crippen molar-refractivity contribution in [1.82, 2.24) is 4.98 Å². The molecule has 0 unspecified atom stereocenters. The molecule has 2 aromatic rings. The van der Waals surface area contributed by atoms with Crippen molar-refractivity contribution in [2.45, 2.75) is 32.3 Å². The SMILES string of the molecule is CC(C)c1cnc(-c2cc(O[C@@H]3CCOC3)cc(C(=O)O)c2)s1. The van der Waals surface area contributed by atoms with Crippen molar-refractivity contribution in [2.75, 3.05) is 13.2 Å². The van der Waals surface area contributed by atoms with Gasteiger partial charge in [0.05, 0.1) is 18.8 Å². The zero-order valence-electron chi connectivity index (χ0n) is 13.1. The van der Waals surface area contributed by atoms with E-state index in [4.69, 9.17) is 9.47 Å². The first-order valence-electron chi connectivity index (χ1n) is 7.62. The van der Waals surface area contributed by atoms with Crippen LogP contribution in [0.15, 0.2) is 24.4 Å². The van der Waals surface area contributed by atoms with Gasteiger partial charge in [-0.05, 0) is 24.1 Å². The summed E-state index contributed by atoms with van der Waals surface area (Å²) in [6.45, 7) is 5.45. The molecule has 122 valence electrons. The van der Waals surface area contributed by atoms with Crippen molar-refractivity contribution >= 4 is 17.3 Å². The van der Waals surface area contributed by atoms with Gasteiger partial charge in [0.25, 0.3) is 0 Å². The van der Waals surface area contributed by atoms with Crippen molar-refractivity contribution in [3.05, 3.63) is 34.8 Å². The lowest BCUT2D eigenvalue weighted by Gasteiger charge is -2.13. The van der Waals surface area contributed by atoms with Crippen LogP contribution < -0.4 is 4.74 Å². The molecule has 1 aliphatic rings. The Labute approximate surface area is 138 Å². The summed E-state index contributed by atoms with van der Waals surface area (Å²) in [4.78, 5) is 17.0. The van der Waals surface area contributed by atoms with Gasteiger partial charge in [-0.25, -0.2) is 9.78 Å². The third-order valence-electron chi connectivity index (χ3n) is 3.68. The Kier molecular flexibility index (Phi) is 4.63. The molecule has 2 heterocycles. The highest BCUT2D eigenvalue weighted by Gasteiger charge is 2.19. The highest BCUT2D eigenvalue weighted by molar-refractivity contribution is 7.15. The van der Waals surface area contributed by atoms with Crippen LogP contribution >= 0.6 is 11.3 Å². The number of hydrogen-bond donors (Lipinski definition) is 1. The summed E-state index contributed by atoms with van der Waals surface area (Å²) in [5.41, 5.74) is 0.980. The van der Waals surface area contributed by atoms with Crippen LogP contribution in [0.25, 0.3) is 10.6 Å². The summed E-state index contributed by atoms with van der Waals surface area (Å²) in [5, 5.41) is 10.1. The van der Waals surface area contributed by atoms with Gasteiger partial charge in [0, 0.05) is 23.1 Å². The van der Waals surface area contributed by atoms with Crippen LogP contribution in [0.4, 0.5) is 0 Å². The monoisotopic (exact) mass is 333 g/mol. The minimum absolute atomic E-state index is 0.0191. The third-order valence-corrected chi connectivity index (χ3v) is 5.03. The molecule has 1 saturated heterocycles. The molecule has 0 saturated carbocycles. The van der Waals surface area contributed by atoms with Gasteiger partial charge in [0.1, 0.15) is 16.9 Å². The minimum atomic E-state index is -0.972. The molecule has 0 radical (unpaired) electrons. The molecule has 1 aromatic carbocycles. The average molecular weight is 333 g/mol. The van der Waals surface area contributed by atoms with Gasteiger partial charge >= 0.3 is 5.97 Å². The number of carboxylic acid groups (broad SMARTS) is 1. The fraction of sp³-hybridized carbons (Fsp3) is 0.412. The molecule has 6 heteroatoms. The number of thiazole rings is 1. The number of ether oxygens (including phenoxy) is 2. The number of hydrogen-bond acceptors (Lipinski definition) is 5. The van der Waals surface area contributed by atoms with Crippen molar-refractivity contribution in [3.63, 3.8) is 0 Å². The maximum atomic E-state index is 11.4. The molecule has 0 amide bonds. The Hall–Kier alpha value is -1.92. The van der Waals surface area contributed by atoms with E-state index in [2.05, 4.69) is 18.8 Å². The fourth-order valence-corrected chi connectivity index (χ4v) is 3.30. The largest absolute Gasteiger partial charge is 0.488 e. The summed E-state index contributed by atoms with van der Waals surface area (Å²) in [6.07, 6.45) is 2.65. The van der Waals surface area contributed by atoms with Gasteiger partial charge in [-0.3, -0.25) is 0 Å². The molecule has 1 aromatic heterocycles. The molecule has 1 fully saturated rings. The maximum absolute atomic E-state index is 11.4. The zero-order valence-corrected chi connectivity index (χ0v) is 13.9. The van der Waals surface area contributed by atoms with Crippen LogP contribution in [0.3, 0.4) is 0 Å². The number of aromatic carboxylic acids is 1. The van der Waals surface area contributed by atoms with Crippen molar-refractivity contribution in [3.8, 4) is 16.3 Å². The molecule has 1 N–H and O–H groups in total. The fourth-order valence-electron chi connectivity index (χ4n) is 2.40. The Morgan fingerprint density at radius 1 is 1.43 bits per heavy atom. The minimum Gasteiger partial charge on any atom is -0.488 e. The molecule has 3 rings (SSSR count). The first-order chi connectivity index (χ1) is 11.0. The van der Waals surface area contributed by atoms with Crippen LogP contribution in [-0.2, 0) is 4.74 Å². The summed E-state index contributed by atoms with van der Waals surface area (Å²) < 4.78 is 11.2. The normalized spacial score (nSPS) is 17.6. The van der Waals surface area contributed by atoms with Gasteiger partial charge in [-0.15, -0.1) is 11.3 Å². The van der Waals surface area contributed by atoms with Crippen LogP contribution in [-0.4, -0.2) is 35.4 Å². The second-order valence-electron chi connectivity index (χ2n) is 5.88. The van der Waals surface area contributed by atoms with Gasteiger partial charge in [0.2, 0.25) is 0 Å². The predicted molar refractivity (Wildman–Crippen MR) is 88.5 cm³/mol. The maximum Gasteiger partial charge on any atom is 0.335 e. The van der Waals surface area contributed by atoms with Gasteiger partial charge in [-0.1, -0.05) is 13.8 Å². The standard InChI is InChI=1S/C17H19NO4S/c1-10(2)15-8-18-16(23-15)11-5-12(17(19)20)7-14(6-11)22-13-3-4-21-9-13/h5-8,10,13H,3-4,9H2,1-2H3,(H,19,20)/t13-/m1/s1. The van der Waals surface area contributed by atoms with E-state index in [-0.39, 0.29) is 11.7 Å². The van der Waals surface area contributed by atoms with Crippen molar-refractivity contribution in [2.24, 2.45) is 0 Å². The van der Waals surface area contributed by atoms with E-state index in [1.807, 2.05) is 12.3 Å². The Morgan fingerprint density at radius 2 is 2.26 bits per heavy atom. The lowest BCUT2D eigenvalue weighted by atomic mass is 10.1. The van der Waals surface area contributed by atoms with Crippen LogP contribution in [0, 0.1) is 0 Å². The highest BCUT2D eigenvalue weighted by atomic mass is 32.1. The summed E-state index contributed by atoms with van der Waals surface area (Å²) in [5.74, 6) is -0.0213. The number of carboxylic acids is 1. The first kappa shape index (κ1) is 16.0. The topological polar surface area (TPSA) is 68.7 Å². The Morgan fingerprint density at radius 3 is 2.87 bits per heavy atom. The summed E-state index contributed by atoms with van der Waals surface area (Å²) in [6, 6.07) is 5.05. The highest BCUT2D eigenvalue weighted by Crippen LogP contribution is 2.33. The van der Waals surface area contributed by atoms with E-state index in [1.54, 1.807) is 23.5 Å². The van der Waals surface area contributed by atoms with Crippen molar-refractivity contribution < 1.29 is 19.4 Å². The molecule has 0 aliphatic carbocycles. The number of benzene rings is 1. The quantitative estimate of drug-likeness (QED) is 0.901. The van der Waals surface area contributed by atoms with Gasteiger partial charge in [-0.2, -0.15) is 0 Å². The molecule has 1 atom stereocenters. The Balaban J connectivity index is 1.94. The summed E-state index contributed by atoms with van der Waals surface area (Å²) >= 11 is 1.58. The van der Waals surface area contributed by atoms with Crippen LogP contribution in [0.2, 0.25) is 0 Å². The molecule has 5 nitrogen and oxygen atoms in total. The second-order valence-corrected chi connectivity index (χ2v) is 6.94. The molecular formula is C17H19NO4S. The molecule has 1 aliphatic heterocycles. The third kappa shape index (κ3) is 3.71. The first-order valence-corrected chi connectivity index (χ1v) is 8.43. The van der Waals surface area contributed by atoms with Gasteiger partial charge < -0.3 is 14.6 Å². The molecule has 0 bridgehead atoms. The van der Waals surface area contributed by atoms with Gasteiger partial charge in [0.15, 0.2) is 0 Å². The molecular weight excluding hydrogens is 314 g/mol. The van der Waals surface area contributed by atoms with E-state index >= 15 is 0 Å². The van der Waals surface area contributed by atoms with E-state index in [9.17, 15) is 9.90 Å². The number of aromatic nitrogens is 1. The number of carbonyl (C=O) groups is 1. The van der Waals surface area contributed by atoms with E-state index < -0.39 is 5.97 Å². The van der Waals surface area contributed by atoms with E-state index in [1.165, 1.54) is 4.88 Å². The molecule has 23 heavy (non-hydrogen) atoms. The molecule has 0 spiro atoms. The van der Waals surface area contributed by atoms with Crippen molar-refractivity contribution in [1.29, 1.82) is 0 Å². The van der Waals surface area contributed by atoms with E-state index in [0.717, 1.165) is 17.0 Å². The van der Waals surface area contributed by atoms with Crippen LogP contribution in [0.1, 0.15) is 41.4 Å². The average Bonchev–Trinajstić information content (AvgIpc) is 3.18. The lowest BCUT2D eigenvalue weighted by molar-refractivity contribution is 0.0696. The second kappa shape index (κ2) is 6.68. The number of nitrogens with zero attached hydrogens (tertiary/aromatic N) is 1. The number of rotatable bonds is 5. The smallest absolute Gasteiger partial charge is 0.335 e. The zero-order chi connectivity index (χ0) is 16.4. The lowest BCUT2D eigenvalue weighted by Crippen LogP contribution is -2.16. The predicted octanol–water partition coefficient (Wildman–Crippen LogP) is 3.80. The summed E-state index contributed by atoms with van der Waals surface area (Å²) in [7, 11) is 0. The van der Waals surface area contributed by atoms with E-state index in [0.29, 0.717) is 24.9 Å². The Bertz CT molecular complexity index is 704. The van der Waals surface area contributed by atoms with Crippen LogP contribution in [0.5, 0.6) is 5.75 Å².